The Morgan fingerprint density at radius 1 is 1.31 bits per heavy atom. The highest BCUT2D eigenvalue weighted by atomic mass is 32.1. The van der Waals surface area contributed by atoms with Crippen LogP contribution < -0.4 is 0 Å². The van der Waals surface area contributed by atoms with E-state index in [1.54, 1.807) is 28.3 Å². The number of hydrogen-bond donors (Lipinski definition) is 0. The van der Waals surface area contributed by atoms with Crippen LogP contribution in [0.3, 0.4) is 0 Å². The molecule has 1 fully saturated rings. The number of aryl methyl sites for hydroxylation is 2. The Morgan fingerprint density at radius 2 is 2.19 bits per heavy atom. The van der Waals surface area contributed by atoms with Gasteiger partial charge in [-0.2, -0.15) is 5.10 Å². The van der Waals surface area contributed by atoms with Crippen LogP contribution in [0.5, 0.6) is 0 Å². The van der Waals surface area contributed by atoms with Crippen molar-refractivity contribution in [2.24, 2.45) is 7.05 Å². The summed E-state index contributed by atoms with van der Waals surface area (Å²) >= 11 is 1.68. The highest BCUT2D eigenvalue weighted by Gasteiger charge is 2.28. The second kappa shape index (κ2) is 6.99. The Kier molecular flexibility index (Phi) is 4.55. The molecule has 7 heteroatoms. The Balaban J connectivity index is 1.57. The van der Waals surface area contributed by atoms with Crippen molar-refractivity contribution in [1.29, 1.82) is 0 Å². The lowest BCUT2D eigenvalue weighted by Gasteiger charge is -2.31. The molecule has 3 aromatic heterocycles. The van der Waals surface area contributed by atoms with Gasteiger partial charge in [0.05, 0.1) is 10.6 Å². The number of aromatic nitrogens is 4. The summed E-state index contributed by atoms with van der Waals surface area (Å²) in [6.45, 7) is 3.40. The van der Waals surface area contributed by atoms with Crippen LogP contribution in [0.4, 0.5) is 0 Å². The Hall–Kier alpha value is -2.54. The molecule has 1 aliphatic heterocycles. The maximum atomic E-state index is 12.7. The fourth-order valence-corrected chi connectivity index (χ4v) is 4.07. The van der Waals surface area contributed by atoms with E-state index >= 15 is 0 Å². The Morgan fingerprint density at radius 3 is 2.92 bits per heavy atom. The highest BCUT2D eigenvalue weighted by molar-refractivity contribution is 7.13. The zero-order chi connectivity index (χ0) is 18.1. The standard InChI is InChI=1S/C19H21N5OS/c1-13-11-16(17-6-4-10-26-17)21-18(20-13)14-5-3-8-24(12-14)19(25)15-7-9-23(2)22-15/h4,6-7,9-11,14H,3,5,8,12H2,1-2H3/t14-/m0/s1. The Labute approximate surface area is 156 Å². The summed E-state index contributed by atoms with van der Waals surface area (Å²) in [6, 6.07) is 7.90. The number of amides is 1. The molecule has 0 aliphatic carbocycles. The number of carbonyl (C=O) groups is 1. The van der Waals surface area contributed by atoms with E-state index in [1.165, 1.54) is 0 Å². The molecule has 4 rings (SSSR count). The maximum absolute atomic E-state index is 12.7. The second-order valence-corrected chi connectivity index (χ2v) is 7.64. The van der Waals surface area contributed by atoms with Gasteiger partial charge in [-0.05, 0) is 43.3 Å². The van der Waals surface area contributed by atoms with Crippen LogP contribution in [0, 0.1) is 6.92 Å². The van der Waals surface area contributed by atoms with E-state index < -0.39 is 0 Å². The summed E-state index contributed by atoms with van der Waals surface area (Å²) < 4.78 is 1.66. The van der Waals surface area contributed by atoms with Crippen molar-refractivity contribution in [2.75, 3.05) is 13.1 Å². The first kappa shape index (κ1) is 16.9. The van der Waals surface area contributed by atoms with Crippen molar-refractivity contribution in [1.82, 2.24) is 24.6 Å². The summed E-state index contributed by atoms with van der Waals surface area (Å²) in [7, 11) is 1.82. The van der Waals surface area contributed by atoms with Crippen molar-refractivity contribution in [3.05, 3.63) is 53.1 Å². The lowest BCUT2D eigenvalue weighted by atomic mass is 9.96. The van der Waals surface area contributed by atoms with Crippen LogP contribution in [0.1, 0.15) is 40.8 Å². The third kappa shape index (κ3) is 3.39. The molecule has 1 saturated heterocycles. The first-order valence-electron chi connectivity index (χ1n) is 8.78. The van der Waals surface area contributed by atoms with Gasteiger partial charge < -0.3 is 4.90 Å². The normalized spacial score (nSPS) is 17.5. The number of piperidine rings is 1. The van der Waals surface area contributed by atoms with Crippen molar-refractivity contribution in [3.63, 3.8) is 0 Å². The van der Waals surface area contributed by atoms with Gasteiger partial charge in [-0.15, -0.1) is 11.3 Å². The summed E-state index contributed by atoms with van der Waals surface area (Å²) in [5.74, 6) is 0.989. The summed E-state index contributed by atoms with van der Waals surface area (Å²) in [5.41, 5.74) is 2.43. The number of hydrogen-bond acceptors (Lipinski definition) is 5. The fourth-order valence-electron chi connectivity index (χ4n) is 3.39. The maximum Gasteiger partial charge on any atom is 0.274 e. The van der Waals surface area contributed by atoms with Gasteiger partial charge in [0.1, 0.15) is 11.5 Å². The van der Waals surface area contributed by atoms with Crippen LogP contribution in [0.2, 0.25) is 0 Å². The molecule has 0 N–H and O–H groups in total. The predicted molar refractivity (Wildman–Crippen MR) is 101 cm³/mol. The number of rotatable bonds is 3. The molecule has 1 atom stereocenters. The largest absolute Gasteiger partial charge is 0.337 e. The quantitative estimate of drug-likeness (QED) is 0.713. The van der Waals surface area contributed by atoms with E-state index in [0.717, 1.165) is 41.5 Å². The average molecular weight is 367 g/mol. The second-order valence-electron chi connectivity index (χ2n) is 6.70. The molecule has 0 unspecified atom stereocenters. The van der Waals surface area contributed by atoms with Crippen LogP contribution in [-0.4, -0.2) is 43.6 Å². The Bertz CT molecular complexity index is 918. The van der Waals surface area contributed by atoms with Gasteiger partial charge in [-0.1, -0.05) is 6.07 Å². The van der Waals surface area contributed by atoms with Crippen molar-refractivity contribution in [3.8, 4) is 10.6 Å². The minimum absolute atomic E-state index is 0.0126. The van der Waals surface area contributed by atoms with Gasteiger partial charge in [0.15, 0.2) is 0 Å². The number of nitrogens with zero attached hydrogens (tertiary/aromatic N) is 5. The first-order valence-corrected chi connectivity index (χ1v) is 9.66. The van der Waals surface area contributed by atoms with Crippen LogP contribution in [0.15, 0.2) is 35.8 Å². The van der Waals surface area contributed by atoms with Gasteiger partial charge in [0.25, 0.3) is 5.91 Å². The molecule has 4 heterocycles. The zero-order valence-corrected chi connectivity index (χ0v) is 15.7. The van der Waals surface area contributed by atoms with Crippen LogP contribution in [-0.2, 0) is 7.05 Å². The van der Waals surface area contributed by atoms with Crippen LogP contribution >= 0.6 is 11.3 Å². The molecule has 1 amide bonds. The summed E-state index contributed by atoms with van der Waals surface area (Å²) in [5, 5.41) is 6.30. The molecule has 0 spiro atoms. The van der Waals surface area contributed by atoms with Gasteiger partial charge in [-0.25, -0.2) is 9.97 Å². The van der Waals surface area contributed by atoms with Crippen molar-refractivity contribution in [2.45, 2.75) is 25.7 Å². The van der Waals surface area contributed by atoms with Gasteiger partial charge in [0, 0.05) is 37.9 Å². The minimum Gasteiger partial charge on any atom is -0.337 e. The van der Waals surface area contributed by atoms with Crippen molar-refractivity contribution < 1.29 is 4.79 Å². The van der Waals surface area contributed by atoms with E-state index in [-0.39, 0.29) is 11.8 Å². The van der Waals surface area contributed by atoms with E-state index in [4.69, 9.17) is 4.98 Å². The average Bonchev–Trinajstić information content (AvgIpc) is 3.32. The number of carbonyl (C=O) groups excluding carboxylic acids is 1. The molecule has 0 radical (unpaired) electrons. The lowest BCUT2D eigenvalue weighted by molar-refractivity contribution is 0.0697. The first-order chi connectivity index (χ1) is 12.6. The predicted octanol–water partition coefficient (Wildman–Crippen LogP) is 3.27. The third-order valence-corrected chi connectivity index (χ3v) is 5.54. The fraction of sp³-hybridized carbons (Fsp3) is 0.368. The monoisotopic (exact) mass is 367 g/mol. The van der Waals surface area contributed by atoms with E-state index in [2.05, 4.69) is 21.5 Å². The SMILES string of the molecule is Cc1cc(-c2cccs2)nc([C@H]2CCCN(C(=O)c3ccn(C)n3)C2)n1. The van der Waals surface area contributed by atoms with Crippen molar-refractivity contribution >= 4 is 17.2 Å². The number of thiophene rings is 1. The highest BCUT2D eigenvalue weighted by Crippen LogP contribution is 2.29. The molecular formula is C19H21N5OS. The molecule has 1 aliphatic rings. The lowest BCUT2D eigenvalue weighted by Crippen LogP contribution is -2.39. The van der Waals surface area contributed by atoms with E-state index in [1.807, 2.05) is 31.0 Å². The van der Waals surface area contributed by atoms with Crippen LogP contribution in [0.25, 0.3) is 10.6 Å². The smallest absolute Gasteiger partial charge is 0.274 e. The van der Waals surface area contributed by atoms with E-state index in [0.29, 0.717) is 12.2 Å². The van der Waals surface area contributed by atoms with Gasteiger partial charge >= 0.3 is 0 Å². The molecule has 0 aromatic carbocycles. The van der Waals surface area contributed by atoms with Gasteiger partial charge in [-0.3, -0.25) is 9.48 Å². The number of likely N-dealkylation sites (tertiary alicyclic amines) is 1. The topological polar surface area (TPSA) is 63.9 Å². The van der Waals surface area contributed by atoms with E-state index in [9.17, 15) is 4.79 Å². The molecule has 26 heavy (non-hydrogen) atoms. The summed E-state index contributed by atoms with van der Waals surface area (Å²) in [4.78, 5) is 25.2. The molecular weight excluding hydrogens is 346 g/mol. The third-order valence-electron chi connectivity index (χ3n) is 4.65. The zero-order valence-electron chi connectivity index (χ0n) is 14.9. The molecule has 0 saturated carbocycles. The minimum atomic E-state index is -0.0126. The molecule has 3 aromatic rings. The molecule has 134 valence electrons. The molecule has 6 nitrogen and oxygen atoms in total. The molecule has 0 bridgehead atoms. The van der Waals surface area contributed by atoms with Gasteiger partial charge in [0.2, 0.25) is 0 Å². The summed E-state index contributed by atoms with van der Waals surface area (Å²) in [6.07, 6.45) is 3.75.